The van der Waals surface area contributed by atoms with Gasteiger partial charge in [0, 0.05) is 37.9 Å². The Morgan fingerprint density at radius 3 is 3.45 bits per heavy atom. The predicted molar refractivity (Wildman–Crippen MR) is 41.1 cm³/mol. The van der Waals surface area contributed by atoms with Crippen molar-refractivity contribution in [1.82, 2.24) is 9.55 Å². The highest BCUT2D eigenvalue weighted by Gasteiger charge is 2.17. The lowest BCUT2D eigenvalue weighted by Gasteiger charge is -2.21. The van der Waals surface area contributed by atoms with Gasteiger partial charge in [-0.1, -0.05) is 0 Å². The van der Waals surface area contributed by atoms with Crippen LogP contribution in [-0.2, 0) is 13.0 Å². The number of fused-ring (bicyclic) bond motifs is 1. The molecule has 0 fully saturated rings. The third-order valence-corrected chi connectivity index (χ3v) is 2.29. The van der Waals surface area contributed by atoms with E-state index in [2.05, 4.69) is 9.55 Å². The quantitative estimate of drug-likeness (QED) is 0.634. The monoisotopic (exact) mass is 152 g/mol. The summed E-state index contributed by atoms with van der Waals surface area (Å²) >= 11 is 0. The molecule has 1 aromatic heterocycles. The Bertz CT molecular complexity index is 244. The van der Waals surface area contributed by atoms with E-state index >= 15 is 0 Å². The zero-order chi connectivity index (χ0) is 7.68. The minimum absolute atomic E-state index is 0.303. The minimum atomic E-state index is 0.303. The number of rotatable bonds is 1. The number of hydrogen-bond donors (Lipinski definition) is 1. The van der Waals surface area contributed by atoms with E-state index in [1.807, 2.05) is 12.4 Å². The molecule has 0 spiro atoms. The van der Waals surface area contributed by atoms with Crippen molar-refractivity contribution in [2.45, 2.75) is 19.4 Å². The summed E-state index contributed by atoms with van der Waals surface area (Å²) in [4.78, 5) is 4.21. The second kappa shape index (κ2) is 2.66. The molecule has 0 bridgehead atoms. The summed E-state index contributed by atoms with van der Waals surface area (Å²) in [5.74, 6) is 1.60. The molecule has 2 heterocycles. The molecule has 0 amide bonds. The highest BCUT2D eigenvalue weighted by Crippen LogP contribution is 2.17. The highest BCUT2D eigenvalue weighted by molar-refractivity contribution is 4.96. The second-order valence-corrected chi connectivity index (χ2v) is 3.08. The van der Waals surface area contributed by atoms with Crippen molar-refractivity contribution >= 4 is 0 Å². The third-order valence-electron chi connectivity index (χ3n) is 2.29. The Kier molecular flexibility index (Phi) is 1.66. The van der Waals surface area contributed by atoms with Crippen molar-refractivity contribution in [3.63, 3.8) is 0 Å². The Hall–Kier alpha value is -0.830. The topological polar surface area (TPSA) is 38.1 Å². The molecule has 2 rings (SSSR count). The van der Waals surface area contributed by atoms with Gasteiger partial charge in [-0.3, -0.25) is 0 Å². The van der Waals surface area contributed by atoms with Crippen LogP contribution in [0, 0.1) is 5.92 Å². The maximum Gasteiger partial charge on any atom is 0.108 e. The van der Waals surface area contributed by atoms with Crippen LogP contribution in [0.5, 0.6) is 0 Å². The van der Waals surface area contributed by atoms with Crippen LogP contribution in [-0.4, -0.2) is 21.3 Å². The normalized spacial score (nSPS) is 23.2. The average Bonchev–Trinajstić information content (AvgIpc) is 2.50. The molecule has 11 heavy (non-hydrogen) atoms. The van der Waals surface area contributed by atoms with Crippen molar-refractivity contribution in [2.24, 2.45) is 5.92 Å². The molecule has 1 N–H and O–H groups in total. The van der Waals surface area contributed by atoms with Gasteiger partial charge in [-0.05, 0) is 6.42 Å². The van der Waals surface area contributed by atoms with E-state index in [4.69, 9.17) is 5.11 Å². The van der Waals surface area contributed by atoms with Crippen LogP contribution in [0.3, 0.4) is 0 Å². The van der Waals surface area contributed by atoms with Gasteiger partial charge in [-0.25, -0.2) is 4.98 Å². The van der Waals surface area contributed by atoms with Crippen LogP contribution < -0.4 is 0 Å². The maximum atomic E-state index is 8.92. The zero-order valence-corrected chi connectivity index (χ0v) is 6.40. The van der Waals surface area contributed by atoms with Gasteiger partial charge in [-0.2, -0.15) is 0 Å². The lowest BCUT2D eigenvalue weighted by molar-refractivity contribution is 0.190. The molecule has 1 aromatic rings. The van der Waals surface area contributed by atoms with E-state index in [1.165, 1.54) is 0 Å². The van der Waals surface area contributed by atoms with Crippen molar-refractivity contribution in [3.8, 4) is 0 Å². The molecule has 3 nitrogen and oxygen atoms in total. The summed E-state index contributed by atoms with van der Waals surface area (Å²) in [6.45, 7) is 1.24. The maximum absolute atomic E-state index is 8.92. The molecular formula is C8H12N2O. The SMILES string of the molecule is OC[C@H]1CCc2nccn2C1. The zero-order valence-electron chi connectivity index (χ0n) is 6.40. The van der Waals surface area contributed by atoms with E-state index in [1.54, 1.807) is 0 Å². The molecule has 1 atom stereocenters. The number of aryl methyl sites for hydroxylation is 1. The summed E-state index contributed by atoms with van der Waals surface area (Å²) in [7, 11) is 0. The number of aromatic nitrogens is 2. The van der Waals surface area contributed by atoms with E-state index in [0.717, 1.165) is 25.2 Å². The second-order valence-electron chi connectivity index (χ2n) is 3.08. The summed E-state index contributed by atoms with van der Waals surface area (Å²) in [5.41, 5.74) is 0. The number of aliphatic hydroxyl groups is 1. The van der Waals surface area contributed by atoms with Crippen molar-refractivity contribution in [1.29, 1.82) is 0 Å². The van der Waals surface area contributed by atoms with Gasteiger partial charge in [-0.15, -0.1) is 0 Å². The van der Waals surface area contributed by atoms with E-state index in [0.29, 0.717) is 12.5 Å². The molecule has 3 heteroatoms. The Morgan fingerprint density at radius 1 is 1.73 bits per heavy atom. The smallest absolute Gasteiger partial charge is 0.108 e. The van der Waals surface area contributed by atoms with Gasteiger partial charge in [0.15, 0.2) is 0 Å². The molecule has 1 aliphatic rings. The van der Waals surface area contributed by atoms with Crippen LogP contribution in [0.15, 0.2) is 12.4 Å². The van der Waals surface area contributed by atoms with E-state index in [-0.39, 0.29) is 0 Å². The first kappa shape index (κ1) is 6.85. The van der Waals surface area contributed by atoms with Crippen LogP contribution in [0.1, 0.15) is 12.2 Å². The van der Waals surface area contributed by atoms with Crippen LogP contribution in [0.2, 0.25) is 0 Å². The lowest BCUT2D eigenvalue weighted by atomic mass is 10.0. The van der Waals surface area contributed by atoms with Gasteiger partial charge < -0.3 is 9.67 Å². The largest absolute Gasteiger partial charge is 0.396 e. The fourth-order valence-corrected chi connectivity index (χ4v) is 1.59. The number of aliphatic hydroxyl groups excluding tert-OH is 1. The van der Waals surface area contributed by atoms with Gasteiger partial charge >= 0.3 is 0 Å². The Labute approximate surface area is 65.7 Å². The lowest BCUT2D eigenvalue weighted by Crippen LogP contribution is -2.22. The molecule has 0 unspecified atom stereocenters. The molecule has 0 saturated carbocycles. The summed E-state index contributed by atoms with van der Waals surface area (Å²) in [6, 6.07) is 0. The molecule has 0 aliphatic carbocycles. The number of imidazole rings is 1. The Morgan fingerprint density at radius 2 is 2.64 bits per heavy atom. The van der Waals surface area contributed by atoms with Crippen molar-refractivity contribution in [3.05, 3.63) is 18.2 Å². The minimum Gasteiger partial charge on any atom is -0.396 e. The fourth-order valence-electron chi connectivity index (χ4n) is 1.59. The highest BCUT2D eigenvalue weighted by atomic mass is 16.3. The predicted octanol–water partition coefficient (Wildman–Crippen LogP) is 0.438. The molecular weight excluding hydrogens is 140 g/mol. The fraction of sp³-hybridized carbons (Fsp3) is 0.625. The van der Waals surface area contributed by atoms with Crippen LogP contribution >= 0.6 is 0 Å². The summed E-state index contributed by atoms with van der Waals surface area (Å²) in [6.07, 6.45) is 5.90. The Balaban J connectivity index is 2.18. The summed E-state index contributed by atoms with van der Waals surface area (Å²) < 4.78 is 2.13. The molecule has 0 aromatic carbocycles. The van der Waals surface area contributed by atoms with Gasteiger partial charge in [0.25, 0.3) is 0 Å². The average molecular weight is 152 g/mol. The van der Waals surface area contributed by atoms with Gasteiger partial charge in [0.05, 0.1) is 0 Å². The standard InChI is InChI=1S/C8H12N2O/c11-6-7-1-2-8-9-3-4-10(8)5-7/h3-4,7,11H,1-2,5-6H2/t7-/m0/s1. The number of hydrogen-bond acceptors (Lipinski definition) is 2. The van der Waals surface area contributed by atoms with Gasteiger partial charge in [0.1, 0.15) is 5.82 Å². The molecule has 1 aliphatic heterocycles. The van der Waals surface area contributed by atoms with E-state index in [9.17, 15) is 0 Å². The summed E-state index contributed by atoms with van der Waals surface area (Å²) in [5, 5.41) is 8.92. The van der Waals surface area contributed by atoms with Crippen LogP contribution in [0.25, 0.3) is 0 Å². The third kappa shape index (κ3) is 1.16. The van der Waals surface area contributed by atoms with Crippen molar-refractivity contribution < 1.29 is 5.11 Å². The number of nitrogens with zero attached hydrogens (tertiary/aromatic N) is 2. The van der Waals surface area contributed by atoms with Gasteiger partial charge in [0.2, 0.25) is 0 Å². The molecule has 0 saturated heterocycles. The molecule has 60 valence electrons. The first-order chi connectivity index (χ1) is 5.40. The first-order valence-electron chi connectivity index (χ1n) is 4.01. The first-order valence-corrected chi connectivity index (χ1v) is 4.01. The molecule has 0 radical (unpaired) electrons. The van der Waals surface area contributed by atoms with E-state index < -0.39 is 0 Å². The van der Waals surface area contributed by atoms with Crippen molar-refractivity contribution in [2.75, 3.05) is 6.61 Å². The van der Waals surface area contributed by atoms with Crippen LogP contribution in [0.4, 0.5) is 0 Å².